The second-order valence-electron chi connectivity index (χ2n) is 9.56. The normalized spacial score (nSPS) is 12.4. The summed E-state index contributed by atoms with van der Waals surface area (Å²) in [5.74, 6) is 0.752. The monoisotopic (exact) mass is 508 g/mol. The van der Waals surface area contributed by atoms with Crippen molar-refractivity contribution in [2.75, 3.05) is 5.32 Å². The van der Waals surface area contributed by atoms with Crippen molar-refractivity contribution in [2.45, 2.75) is 38.5 Å². The number of halogens is 1. The van der Waals surface area contributed by atoms with Gasteiger partial charge < -0.3 is 9.73 Å². The molecule has 1 atom stereocenters. The van der Waals surface area contributed by atoms with Crippen LogP contribution in [0, 0.1) is 0 Å². The van der Waals surface area contributed by atoms with Crippen LogP contribution in [-0.4, -0.2) is 10.9 Å². The second kappa shape index (κ2) is 10.2. The molecule has 5 heteroatoms. The average molecular weight is 509 g/mol. The van der Waals surface area contributed by atoms with Gasteiger partial charge in [-0.3, -0.25) is 4.79 Å². The summed E-state index contributed by atoms with van der Waals surface area (Å²) in [4.78, 5) is 18.6. The van der Waals surface area contributed by atoms with E-state index < -0.39 is 5.41 Å². The van der Waals surface area contributed by atoms with Crippen LogP contribution < -0.4 is 5.32 Å². The number of carbonyl (C=O) groups is 1. The number of carbonyl (C=O) groups excluding carboxylic acids is 1. The van der Waals surface area contributed by atoms with Gasteiger partial charge in [-0.05, 0) is 66.3 Å². The minimum Gasteiger partial charge on any atom is -0.436 e. The van der Waals surface area contributed by atoms with E-state index in [1.807, 2.05) is 85.8 Å². The van der Waals surface area contributed by atoms with Crippen molar-refractivity contribution in [3.05, 3.63) is 119 Å². The van der Waals surface area contributed by atoms with Gasteiger partial charge in [0.1, 0.15) is 5.52 Å². The number of nitrogens with zero attached hydrogens (tertiary/aromatic N) is 1. The zero-order valence-corrected chi connectivity index (χ0v) is 21.9. The van der Waals surface area contributed by atoms with Gasteiger partial charge >= 0.3 is 0 Å². The topological polar surface area (TPSA) is 55.1 Å². The molecule has 0 unspecified atom stereocenters. The zero-order valence-electron chi connectivity index (χ0n) is 21.2. The third kappa shape index (κ3) is 4.77. The molecule has 0 aliphatic heterocycles. The molecule has 4 nitrogen and oxygen atoms in total. The Morgan fingerprint density at radius 3 is 2.22 bits per heavy atom. The molecular formula is C32H29ClN2O2. The molecule has 5 aromatic rings. The van der Waals surface area contributed by atoms with Gasteiger partial charge in [0.2, 0.25) is 11.8 Å². The predicted octanol–water partition coefficient (Wildman–Crippen LogP) is 8.61. The number of amides is 1. The van der Waals surface area contributed by atoms with E-state index in [1.165, 1.54) is 5.56 Å². The minimum absolute atomic E-state index is 0.181. The van der Waals surface area contributed by atoms with E-state index in [0.29, 0.717) is 22.5 Å². The summed E-state index contributed by atoms with van der Waals surface area (Å²) in [6.45, 7) is 6.31. The number of fused-ring (bicyclic) bond motifs is 1. The molecule has 0 radical (unpaired) electrons. The van der Waals surface area contributed by atoms with Crippen LogP contribution in [0.15, 0.2) is 101 Å². The molecule has 0 saturated heterocycles. The Labute approximate surface area is 222 Å². The summed E-state index contributed by atoms with van der Waals surface area (Å²) in [5.41, 5.74) is 4.87. The fourth-order valence-electron chi connectivity index (χ4n) is 4.58. The van der Waals surface area contributed by atoms with Gasteiger partial charge in [0, 0.05) is 5.56 Å². The minimum atomic E-state index is -0.925. The first-order valence-electron chi connectivity index (χ1n) is 12.5. The quantitative estimate of drug-likeness (QED) is 0.239. The Morgan fingerprint density at radius 2 is 1.59 bits per heavy atom. The fourth-order valence-corrected chi connectivity index (χ4v) is 4.75. The van der Waals surface area contributed by atoms with Crippen molar-refractivity contribution in [3.63, 3.8) is 0 Å². The van der Waals surface area contributed by atoms with E-state index in [4.69, 9.17) is 21.0 Å². The summed E-state index contributed by atoms with van der Waals surface area (Å²) in [5, 5.41) is 3.52. The summed E-state index contributed by atoms with van der Waals surface area (Å²) in [6.07, 6.45) is 1.06. The third-order valence-corrected chi connectivity index (χ3v) is 7.54. The lowest BCUT2D eigenvalue weighted by atomic mass is 9.75. The molecule has 0 spiro atoms. The van der Waals surface area contributed by atoms with Crippen LogP contribution >= 0.6 is 11.6 Å². The van der Waals surface area contributed by atoms with E-state index in [0.717, 1.165) is 34.2 Å². The Hall–Kier alpha value is -3.89. The second-order valence-corrected chi connectivity index (χ2v) is 9.97. The molecule has 4 aromatic carbocycles. The molecular weight excluding hydrogens is 480 g/mol. The number of oxazole rings is 1. The van der Waals surface area contributed by atoms with Crippen molar-refractivity contribution < 1.29 is 9.21 Å². The van der Waals surface area contributed by atoms with Gasteiger partial charge in [0.05, 0.1) is 16.1 Å². The predicted molar refractivity (Wildman–Crippen MR) is 151 cm³/mol. The molecule has 5 rings (SSSR count). The van der Waals surface area contributed by atoms with Crippen molar-refractivity contribution in [1.82, 2.24) is 4.98 Å². The van der Waals surface area contributed by atoms with Gasteiger partial charge in [0.15, 0.2) is 5.58 Å². The first-order valence-corrected chi connectivity index (χ1v) is 12.9. The first kappa shape index (κ1) is 24.8. The van der Waals surface area contributed by atoms with E-state index in [2.05, 4.69) is 31.3 Å². The molecule has 1 amide bonds. The van der Waals surface area contributed by atoms with Crippen molar-refractivity contribution in [3.8, 4) is 11.5 Å². The maximum absolute atomic E-state index is 13.9. The summed E-state index contributed by atoms with van der Waals surface area (Å²) >= 11 is 6.55. The largest absolute Gasteiger partial charge is 0.436 e. The van der Waals surface area contributed by atoms with Crippen molar-refractivity contribution >= 4 is 34.3 Å². The fraction of sp³-hybridized carbons (Fsp3) is 0.188. The zero-order chi connectivity index (χ0) is 26.0. The number of hydrogen-bond acceptors (Lipinski definition) is 3. The Morgan fingerprint density at radius 1 is 0.946 bits per heavy atom. The molecule has 0 aliphatic carbocycles. The number of nitrogens with one attached hydrogen (secondary N) is 1. The van der Waals surface area contributed by atoms with Crippen molar-refractivity contribution in [1.29, 1.82) is 0 Å². The maximum atomic E-state index is 13.9. The van der Waals surface area contributed by atoms with Crippen LogP contribution in [0.4, 0.5) is 5.69 Å². The summed E-state index contributed by atoms with van der Waals surface area (Å²) < 4.78 is 6.06. The van der Waals surface area contributed by atoms with Crippen LogP contribution in [0.1, 0.15) is 49.8 Å². The number of benzene rings is 4. The number of hydrogen-bond donors (Lipinski definition) is 1. The Balaban J connectivity index is 1.50. The van der Waals surface area contributed by atoms with Crippen LogP contribution in [0.5, 0.6) is 0 Å². The standard InChI is InChI=1S/C32H29ClN2O2/c1-4-21(2)22-16-18-29-28(19-22)34-30(37-29)23-15-17-26(33)27(20-23)35-31(36)32(3,24-11-7-5-8-12-24)25-13-9-6-10-14-25/h5-21H,4H2,1-3H3,(H,35,36)/t21-/m1/s1. The lowest BCUT2D eigenvalue weighted by Crippen LogP contribution is -2.38. The molecule has 1 aromatic heterocycles. The first-order chi connectivity index (χ1) is 17.9. The molecule has 0 aliphatic rings. The summed E-state index contributed by atoms with van der Waals surface area (Å²) in [7, 11) is 0. The highest BCUT2D eigenvalue weighted by Crippen LogP contribution is 2.36. The number of aromatic nitrogens is 1. The van der Waals surface area contributed by atoms with E-state index in [-0.39, 0.29) is 5.91 Å². The SMILES string of the molecule is CC[C@@H](C)c1ccc2oc(-c3ccc(Cl)c(NC(=O)C(C)(c4ccccc4)c4ccccc4)c3)nc2c1. The third-order valence-electron chi connectivity index (χ3n) is 7.21. The lowest BCUT2D eigenvalue weighted by molar-refractivity contribution is -0.119. The molecule has 0 fully saturated rings. The van der Waals surface area contributed by atoms with Gasteiger partial charge in [-0.25, -0.2) is 4.98 Å². The van der Waals surface area contributed by atoms with E-state index >= 15 is 0 Å². The number of anilines is 1. The summed E-state index contributed by atoms with van der Waals surface area (Å²) in [6, 6.07) is 31.1. The van der Waals surface area contributed by atoms with Crippen LogP contribution in [-0.2, 0) is 10.2 Å². The Kier molecular flexibility index (Phi) is 6.86. The van der Waals surface area contributed by atoms with Gasteiger partial charge in [-0.1, -0.05) is 92.2 Å². The highest BCUT2D eigenvalue weighted by molar-refractivity contribution is 6.34. The maximum Gasteiger partial charge on any atom is 0.239 e. The molecule has 0 bridgehead atoms. The highest BCUT2D eigenvalue weighted by Gasteiger charge is 2.37. The Bertz CT molecular complexity index is 1500. The van der Waals surface area contributed by atoms with Gasteiger partial charge in [0.25, 0.3) is 0 Å². The highest BCUT2D eigenvalue weighted by atomic mass is 35.5. The van der Waals surface area contributed by atoms with Gasteiger partial charge in [-0.2, -0.15) is 0 Å². The molecule has 37 heavy (non-hydrogen) atoms. The van der Waals surface area contributed by atoms with E-state index in [1.54, 1.807) is 6.07 Å². The average Bonchev–Trinajstić information content (AvgIpc) is 3.37. The lowest BCUT2D eigenvalue weighted by Gasteiger charge is -2.30. The van der Waals surface area contributed by atoms with Crippen LogP contribution in [0.2, 0.25) is 5.02 Å². The van der Waals surface area contributed by atoms with Crippen LogP contribution in [0.25, 0.3) is 22.6 Å². The molecule has 1 heterocycles. The molecule has 0 saturated carbocycles. The van der Waals surface area contributed by atoms with Crippen LogP contribution in [0.3, 0.4) is 0 Å². The molecule has 186 valence electrons. The van der Waals surface area contributed by atoms with Crippen molar-refractivity contribution in [2.24, 2.45) is 0 Å². The molecule has 1 N–H and O–H groups in total. The smallest absolute Gasteiger partial charge is 0.239 e. The number of rotatable bonds is 7. The van der Waals surface area contributed by atoms with E-state index in [9.17, 15) is 4.79 Å². The van der Waals surface area contributed by atoms with Gasteiger partial charge in [-0.15, -0.1) is 0 Å².